The number of rotatable bonds is 6. The van der Waals surface area contributed by atoms with Crippen LogP contribution in [0.4, 0.5) is 13.2 Å². The second kappa shape index (κ2) is 8.79. The number of alkyl halides is 3. The number of carbonyl (C=O) groups excluding carboxylic acids is 2. The van der Waals surface area contributed by atoms with Gasteiger partial charge < -0.3 is 19.7 Å². The van der Waals surface area contributed by atoms with Crippen LogP contribution in [0.25, 0.3) is 0 Å². The van der Waals surface area contributed by atoms with E-state index < -0.39 is 64.6 Å². The van der Waals surface area contributed by atoms with Crippen molar-refractivity contribution in [1.29, 1.82) is 0 Å². The summed E-state index contributed by atoms with van der Waals surface area (Å²) in [6, 6.07) is 1.10. The zero-order chi connectivity index (χ0) is 23.6. The first-order chi connectivity index (χ1) is 14.3. The van der Waals surface area contributed by atoms with Gasteiger partial charge in [0, 0.05) is 17.8 Å². The van der Waals surface area contributed by atoms with Crippen molar-refractivity contribution >= 4 is 11.9 Å². The van der Waals surface area contributed by atoms with E-state index in [1.807, 2.05) is 0 Å². The monoisotopic (exact) mass is 449 g/mol. The molecule has 12 heteroatoms. The third-order valence-electron chi connectivity index (χ3n) is 5.20. The zero-order valence-electron chi connectivity index (χ0n) is 16.7. The van der Waals surface area contributed by atoms with Crippen LogP contribution >= 0.6 is 0 Å². The summed E-state index contributed by atoms with van der Waals surface area (Å²) in [5, 5.41) is 33.8. The van der Waals surface area contributed by atoms with Gasteiger partial charge in [0.25, 0.3) is 6.04 Å². The van der Waals surface area contributed by atoms with E-state index in [4.69, 9.17) is 9.47 Å². The summed E-state index contributed by atoms with van der Waals surface area (Å²) in [4.78, 5) is 35.5. The van der Waals surface area contributed by atoms with Crippen LogP contribution in [0.1, 0.15) is 43.7 Å². The lowest BCUT2D eigenvalue weighted by Crippen LogP contribution is -2.70. The van der Waals surface area contributed by atoms with Crippen molar-refractivity contribution in [2.24, 2.45) is 0 Å². The Hall–Kier alpha value is -2.73. The number of benzene rings is 1. The molecule has 0 aromatic heterocycles. The lowest BCUT2D eigenvalue weighted by Gasteiger charge is -2.44. The molecular formula is C19H22F3NO8. The van der Waals surface area contributed by atoms with Crippen molar-refractivity contribution < 1.29 is 47.4 Å². The van der Waals surface area contributed by atoms with Crippen LogP contribution in [0.3, 0.4) is 0 Å². The molecule has 1 aromatic carbocycles. The molecule has 1 aromatic rings. The summed E-state index contributed by atoms with van der Waals surface area (Å²) in [6.07, 6.45) is -5.94. The summed E-state index contributed by atoms with van der Waals surface area (Å²) in [5.41, 5.74) is -6.71. The van der Waals surface area contributed by atoms with E-state index in [0.717, 1.165) is 24.3 Å². The number of hydrogen-bond donors (Lipinski definition) is 2. The number of hydrogen-bond acceptors (Lipinski definition) is 8. The fourth-order valence-electron chi connectivity index (χ4n) is 3.87. The standard InChI is InChI=1S/C19H22F3NO8/c1-3-30-15(24)17(26)9-12(11-5-7-13(8-6-11)19(20,21)22)10-18(27,14(17)23(28)29)16(25)31-4-2/h5-8,12,14,26-27H,3-4,9-10H2,1-2H3/t12-,14-,17-,18+. The van der Waals surface area contributed by atoms with Gasteiger partial charge in [0.2, 0.25) is 11.2 Å². The Balaban J connectivity index is 2.59. The molecule has 0 heterocycles. The lowest BCUT2D eigenvalue weighted by atomic mass is 9.64. The van der Waals surface area contributed by atoms with Gasteiger partial charge >= 0.3 is 18.1 Å². The van der Waals surface area contributed by atoms with Crippen LogP contribution in [0.2, 0.25) is 0 Å². The van der Waals surface area contributed by atoms with Crippen LogP contribution in [0.15, 0.2) is 24.3 Å². The molecule has 172 valence electrons. The van der Waals surface area contributed by atoms with E-state index in [-0.39, 0.29) is 18.8 Å². The molecule has 1 saturated carbocycles. The maximum atomic E-state index is 12.9. The van der Waals surface area contributed by atoms with Crippen molar-refractivity contribution in [1.82, 2.24) is 0 Å². The third-order valence-corrected chi connectivity index (χ3v) is 5.20. The van der Waals surface area contributed by atoms with E-state index in [2.05, 4.69) is 0 Å². The molecule has 0 radical (unpaired) electrons. The first-order valence-electron chi connectivity index (χ1n) is 9.41. The molecule has 9 nitrogen and oxygen atoms in total. The van der Waals surface area contributed by atoms with Crippen molar-refractivity contribution in [2.75, 3.05) is 13.2 Å². The van der Waals surface area contributed by atoms with Crippen molar-refractivity contribution in [3.05, 3.63) is 45.5 Å². The number of carbonyl (C=O) groups is 2. The van der Waals surface area contributed by atoms with E-state index in [9.17, 15) is 43.1 Å². The van der Waals surface area contributed by atoms with Gasteiger partial charge in [-0.1, -0.05) is 12.1 Å². The van der Waals surface area contributed by atoms with E-state index in [1.165, 1.54) is 13.8 Å². The second-order valence-corrected chi connectivity index (χ2v) is 7.20. The van der Waals surface area contributed by atoms with Gasteiger partial charge in [0.15, 0.2) is 0 Å². The highest BCUT2D eigenvalue weighted by Gasteiger charge is 2.71. The summed E-state index contributed by atoms with van der Waals surface area (Å²) < 4.78 is 48.0. The van der Waals surface area contributed by atoms with E-state index >= 15 is 0 Å². The first kappa shape index (κ1) is 24.5. The van der Waals surface area contributed by atoms with Gasteiger partial charge in [0.1, 0.15) is 0 Å². The average molecular weight is 449 g/mol. The Morgan fingerprint density at radius 1 is 1.06 bits per heavy atom. The Morgan fingerprint density at radius 2 is 1.48 bits per heavy atom. The highest BCUT2D eigenvalue weighted by atomic mass is 19.4. The summed E-state index contributed by atoms with van der Waals surface area (Å²) >= 11 is 0. The summed E-state index contributed by atoms with van der Waals surface area (Å²) in [5.74, 6) is -3.96. The second-order valence-electron chi connectivity index (χ2n) is 7.20. The van der Waals surface area contributed by atoms with Crippen LogP contribution in [0.5, 0.6) is 0 Å². The molecule has 31 heavy (non-hydrogen) atoms. The number of nitrogens with zero attached hydrogens (tertiary/aromatic N) is 1. The molecule has 0 bridgehead atoms. The fourth-order valence-corrected chi connectivity index (χ4v) is 3.87. The van der Waals surface area contributed by atoms with Gasteiger partial charge in [-0.05, 0) is 37.5 Å². The minimum atomic E-state index is -4.61. The number of esters is 2. The van der Waals surface area contributed by atoms with Crippen LogP contribution in [-0.2, 0) is 25.2 Å². The van der Waals surface area contributed by atoms with Gasteiger partial charge in [-0.25, -0.2) is 9.59 Å². The largest absolute Gasteiger partial charge is 0.464 e. The van der Waals surface area contributed by atoms with E-state index in [0.29, 0.717) is 0 Å². The van der Waals surface area contributed by atoms with Crippen molar-refractivity contribution in [2.45, 2.75) is 56.0 Å². The molecule has 2 rings (SSSR count). The highest BCUT2D eigenvalue weighted by molar-refractivity contribution is 5.86. The topological polar surface area (TPSA) is 136 Å². The summed E-state index contributed by atoms with van der Waals surface area (Å²) in [6.45, 7) is 2.26. The van der Waals surface area contributed by atoms with Crippen molar-refractivity contribution in [3.8, 4) is 0 Å². The number of aliphatic hydroxyl groups is 2. The zero-order valence-corrected chi connectivity index (χ0v) is 16.7. The molecule has 4 atom stereocenters. The normalized spacial score (nSPS) is 28.6. The average Bonchev–Trinajstić information content (AvgIpc) is 2.67. The van der Waals surface area contributed by atoms with Gasteiger partial charge in [-0.2, -0.15) is 13.2 Å². The molecule has 2 N–H and O–H groups in total. The van der Waals surface area contributed by atoms with Crippen molar-refractivity contribution in [3.63, 3.8) is 0 Å². The lowest BCUT2D eigenvalue weighted by molar-refractivity contribution is -0.566. The Bertz CT molecular complexity index is 810. The quantitative estimate of drug-likeness (QED) is 0.381. The van der Waals surface area contributed by atoms with Crippen LogP contribution in [-0.4, -0.2) is 57.5 Å². The molecule has 0 aliphatic heterocycles. The highest BCUT2D eigenvalue weighted by Crippen LogP contribution is 2.46. The molecule has 0 spiro atoms. The SMILES string of the molecule is CCOC(=O)[C@]1(O)C[C@H](c2ccc(C(F)(F)F)cc2)C[C@](O)(C(=O)OCC)[C@H]1[N+](=O)[O-]. The molecule has 1 aliphatic rings. The van der Waals surface area contributed by atoms with Gasteiger partial charge in [-0.3, -0.25) is 10.1 Å². The fraction of sp³-hybridized carbons (Fsp3) is 0.579. The minimum absolute atomic E-state index is 0.125. The molecule has 0 amide bonds. The molecule has 0 saturated heterocycles. The smallest absolute Gasteiger partial charge is 0.416 e. The molecular weight excluding hydrogens is 427 g/mol. The first-order valence-corrected chi connectivity index (χ1v) is 9.41. The Labute approximate surface area is 174 Å². The van der Waals surface area contributed by atoms with Crippen LogP contribution < -0.4 is 0 Å². The van der Waals surface area contributed by atoms with Crippen LogP contribution in [0, 0.1) is 10.1 Å². The Morgan fingerprint density at radius 3 is 1.81 bits per heavy atom. The molecule has 0 unspecified atom stereocenters. The minimum Gasteiger partial charge on any atom is -0.464 e. The van der Waals surface area contributed by atoms with Gasteiger partial charge in [-0.15, -0.1) is 0 Å². The van der Waals surface area contributed by atoms with Gasteiger partial charge in [0.05, 0.1) is 18.8 Å². The number of ether oxygens (including phenoxy) is 2. The number of nitro groups is 1. The number of halogens is 3. The predicted octanol–water partition coefficient (Wildman–Crippen LogP) is 1.82. The maximum Gasteiger partial charge on any atom is 0.416 e. The summed E-state index contributed by atoms with van der Waals surface area (Å²) in [7, 11) is 0. The molecule has 1 fully saturated rings. The third kappa shape index (κ3) is 4.64. The maximum absolute atomic E-state index is 12.9. The predicted molar refractivity (Wildman–Crippen MR) is 97.4 cm³/mol. The Kier molecular flexibility index (Phi) is 6.96. The van der Waals surface area contributed by atoms with E-state index in [1.54, 1.807) is 0 Å². The molecule has 1 aliphatic carbocycles.